The second kappa shape index (κ2) is 8.88. The zero-order valence-electron chi connectivity index (χ0n) is 18.8. The number of pyridine rings is 1. The molecular formula is C24H23N3O6S. The fraction of sp³-hybridized carbons (Fsp3) is 0.208. The number of aromatic nitrogens is 1. The molecule has 0 radical (unpaired) electrons. The number of likely N-dealkylation sites (tertiary alicyclic amines) is 1. The molecule has 1 fully saturated rings. The highest BCUT2D eigenvalue weighted by Crippen LogP contribution is 2.40. The molecule has 1 atom stereocenters. The number of amides is 1. The minimum atomic E-state index is -3.67. The maximum atomic E-state index is 13.1. The van der Waals surface area contributed by atoms with E-state index in [4.69, 9.17) is 4.42 Å². The second-order valence-electron chi connectivity index (χ2n) is 8.05. The number of aryl methyl sites for hydroxylation is 1. The zero-order valence-corrected chi connectivity index (χ0v) is 19.6. The Bertz CT molecular complexity index is 1380. The second-order valence-corrected chi connectivity index (χ2v) is 10.2. The van der Waals surface area contributed by atoms with Crippen LogP contribution in [0.2, 0.25) is 0 Å². The fourth-order valence-electron chi connectivity index (χ4n) is 3.78. The minimum absolute atomic E-state index is 0.0317. The third-order valence-electron chi connectivity index (χ3n) is 5.55. The topological polar surface area (TPSA) is 121 Å². The summed E-state index contributed by atoms with van der Waals surface area (Å²) < 4.78 is 31.5. The van der Waals surface area contributed by atoms with Crippen molar-refractivity contribution in [3.8, 4) is 0 Å². The predicted molar refractivity (Wildman–Crippen MR) is 123 cm³/mol. The number of rotatable bonds is 6. The summed E-state index contributed by atoms with van der Waals surface area (Å²) in [7, 11) is -0.837. The lowest BCUT2D eigenvalue weighted by Gasteiger charge is -2.23. The van der Waals surface area contributed by atoms with Crippen LogP contribution in [0.1, 0.15) is 28.7 Å². The molecular weight excluding hydrogens is 458 g/mol. The van der Waals surface area contributed by atoms with E-state index in [9.17, 15) is 23.1 Å². The molecule has 3 heterocycles. The summed E-state index contributed by atoms with van der Waals surface area (Å²) in [4.78, 5) is 31.5. The van der Waals surface area contributed by atoms with E-state index in [0.717, 1.165) is 4.31 Å². The van der Waals surface area contributed by atoms with Gasteiger partial charge in [0.25, 0.3) is 11.7 Å². The highest BCUT2D eigenvalue weighted by molar-refractivity contribution is 7.89. The van der Waals surface area contributed by atoms with Crippen LogP contribution in [0.3, 0.4) is 0 Å². The van der Waals surface area contributed by atoms with Gasteiger partial charge in [-0.25, -0.2) is 12.7 Å². The van der Waals surface area contributed by atoms with Crippen LogP contribution in [0.15, 0.2) is 75.8 Å². The minimum Gasteiger partial charge on any atom is -0.507 e. The maximum Gasteiger partial charge on any atom is 0.296 e. The number of Topliss-reactive ketones (excluding diaryl/α,β-unsaturated/α-hetero) is 1. The lowest BCUT2D eigenvalue weighted by atomic mass is 9.99. The van der Waals surface area contributed by atoms with Crippen molar-refractivity contribution in [3.05, 3.63) is 89.1 Å². The third-order valence-corrected chi connectivity index (χ3v) is 7.38. The quantitative estimate of drug-likeness (QED) is 0.326. The number of benzene rings is 1. The molecule has 0 bridgehead atoms. The van der Waals surface area contributed by atoms with Gasteiger partial charge in [-0.05, 0) is 55.0 Å². The van der Waals surface area contributed by atoms with E-state index < -0.39 is 33.5 Å². The van der Waals surface area contributed by atoms with Gasteiger partial charge in [-0.15, -0.1) is 0 Å². The molecule has 0 spiro atoms. The molecule has 9 nitrogen and oxygen atoms in total. The molecule has 1 N–H and O–H groups in total. The van der Waals surface area contributed by atoms with Gasteiger partial charge in [0.1, 0.15) is 23.3 Å². The Kier molecular flexibility index (Phi) is 6.11. The first-order chi connectivity index (χ1) is 16.1. The van der Waals surface area contributed by atoms with Gasteiger partial charge in [-0.3, -0.25) is 14.6 Å². The number of hydrogen-bond donors (Lipinski definition) is 1. The lowest BCUT2D eigenvalue weighted by Crippen LogP contribution is -2.29. The normalized spacial score (nSPS) is 18.1. The standard InChI is InChI=1S/C24H23N3O6S/c1-15-6-11-19(33-15)21-20(23(29)24(30)27(21)14-16-5-4-12-25-13-16)22(28)17-7-9-18(10-8-17)34(31,32)26(2)3/h4-13,21,28H,14H2,1-3H3/t21-/m0/s1. The van der Waals surface area contributed by atoms with Gasteiger partial charge in [0.15, 0.2) is 0 Å². The number of sulfonamides is 1. The summed E-state index contributed by atoms with van der Waals surface area (Å²) >= 11 is 0. The Hall–Kier alpha value is -3.76. The Morgan fingerprint density at radius 3 is 2.38 bits per heavy atom. The summed E-state index contributed by atoms with van der Waals surface area (Å²) in [5.41, 5.74) is 0.771. The summed E-state index contributed by atoms with van der Waals surface area (Å²) in [6.45, 7) is 1.82. The number of carbonyl (C=O) groups excluding carboxylic acids is 2. The van der Waals surface area contributed by atoms with Gasteiger partial charge in [0, 0.05) is 38.6 Å². The highest BCUT2D eigenvalue weighted by Gasteiger charge is 2.47. The van der Waals surface area contributed by atoms with Gasteiger partial charge < -0.3 is 14.4 Å². The number of ketones is 1. The number of carbonyl (C=O) groups is 2. The monoisotopic (exact) mass is 481 g/mol. The van der Waals surface area contributed by atoms with Crippen LogP contribution in [0.4, 0.5) is 0 Å². The van der Waals surface area contributed by atoms with Crippen LogP contribution in [0.5, 0.6) is 0 Å². The molecule has 2 aromatic heterocycles. The van der Waals surface area contributed by atoms with Crippen LogP contribution in [0.25, 0.3) is 5.76 Å². The molecule has 1 aromatic carbocycles. The Labute approximate surface area is 197 Å². The number of furan rings is 1. The van der Waals surface area contributed by atoms with Gasteiger partial charge in [0.2, 0.25) is 10.0 Å². The largest absolute Gasteiger partial charge is 0.507 e. The Morgan fingerprint density at radius 2 is 1.82 bits per heavy atom. The first-order valence-corrected chi connectivity index (χ1v) is 11.8. The van der Waals surface area contributed by atoms with E-state index in [1.54, 1.807) is 43.6 Å². The van der Waals surface area contributed by atoms with Gasteiger partial charge in [-0.1, -0.05) is 6.07 Å². The number of hydrogen-bond acceptors (Lipinski definition) is 7. The number of aliphatic hydroxyl groups excluding tert-OH is 1. The molecule has 176 valence electrons. The summed E-state index contributed by atoms with van der Waals surface area (Å²) in [5, 5.41) is 11.1. The SMILES string of the molecule is Cc1ccc([C@H]2C(=C(O)c3ccc(S(=O)(=O)N(C)C)cc3)C(=O)C(=O)N2Cc2cccnc2)o1. The summed E-state index contributed by atoms with van der Waals surface area (Å²) in [6, 6.07) is 11.4. The highest BCUT2D eigenvalue weighted by atomic mass is 32.2. The van der Waals surface area contributed by atoms with E-state index in [2.05, 4.69) is 4.98 Å². The van der Waals surface area contributed by atoms with Crippen LogP contribution in [-0.4, -0.2) is 53.5 Å². The van der Waals surface area contributed by atoms with E-state index in [1.165, 1.54) is 43.3 Å². The first kappa shape index (κ1) is 23.4. The number of aliphatic hydroxyl groups is 1. The third kappa shape index (κ3) is 4.13. The van der Waals surface area contributed by atoms with Crippen molar-refractivity contribution < 1.29 is 27.5 Å². The molecule has 10 heteroatoms. The molecule has 4 rings (SSSR count). The average Bonchev–Trinajstić information content (AvgIpc) is 3.35. The molecule has 1 aliphatic heterocycles. The Morgan fingerprint density at radius 1 is 1.12 bits per heavy atom. The zero-order chi connectivity index (χ0) is 24.6. The van der Waals surface area contributed by atoms with Crippen LogP contribution in [0, 0.1) is 6.92 Å². The molecule has 0 unspecified atom stereocenters. The summed E-state index contributed by atoms with van der Waals surface area (Å²) in [5.74, 6) is -1.14. The smallest absolute Gasteiger partial charge is 0.296 e. The van der Waals surface area contributed by atoms with E-state index in [1.807, 2.05) is 0 Å². The lowest BCUT2D eigenvalue weighted by molar-refractivity contribution is -0.140. The molecule has 1 aliphatic rings. The average molecular weight is 482 g/mol. The van der Waals surface area contributed by atoms with Crippen molar-refractivity contribution in [1.82, 2.24) is 14.2 Å². The van der Waals surface area contributed by atoms with Crippen molar-refractivity contribution in [3.63, 3.8) is 0 Å². The first-order valence-electron chi connectivity index (χ1n) is 10.4. The Balaban J connectivity index is 1.81. The van der Waals surface area contributed by atoms with Gasteiger partial charge >= 0.3 is 0 Å². The maximum absolute atomic E-state index is 13.1. The van der Waals surface area contributed by atoms with Crippen LogP contribution in [-0.2, 0) is 26.2 Å². The molecule has 1 amide bonds. The summed E-state index contributed by atoms with van der Waals surface area (Å²) in [6.07, 6.45) is 3.19. The van der Waals surface area contributed by atoms with Crippen molar-refractivity contribution in [2.45, 2.75) is 24.4 Å². The number of nitrogens with zero attached hydrogens (tertiary/aromatic N) is 3. The van der Waals surface area contributed by atoms with E-state index >= 15 is 0 Å². The molecule has 3 aromatic rings. The van der Waals surface area contributed by atoms with Crippen molar-refractivity contribution in [2.24, 2.45) is 0 Å². The fourth-order valence-corrected chi connectivity index (χ4v) is 4.68. The molecule has 0 saturated carbocycles. The van der Waals surface area contributed by atoms with Gasteiger partial charge in [0.05, 0.1) is 10.5 Å². The van der Waals surface area contributed by atoms with Crippen molar-refractivity contribution in [1.29, 1.82) is 0 Å². The van der Waals surface area contributed by atoms with Crippen molar-refractivity contribution in [2.75, 3.05) is 14.1 Å². The van der Waals surface area contributed by atoms with E-state index in [0.29, 0.717) is 17.1 Å². The predicted octanol–water partition coefficient (Wildman–Crippen LogP) is 2.86. The van der Waals surface area contributed by atoms with Crippen LogP contribution >= 0.6 is 0 Å². The van der Waals surface area contributed by atoms with Gasteiger partial charge in [-0.2, -0.15) is 0 Å². The van der Waals surface area contributed by atoms with Crippen molar-refractivity contribution >= 4 is 27.5 Å². The molecule has 1 saturated heterocycles. The van der Waals surface area contributed by atoms with Crippen LogP contribution < -0.4 is 0 Å². The van der Waals surface area contributed by atoms with E-state index in [-0.39, 0.29) is 22.6 Å². The molecule has 34 heavy (non-hydrogen) atoms. The molecule has 0 aliphatic carbocycles.